The number of carbonyl (C=O) groups is 3. The number of rotatable bonds is 5. The van der Waals surface area contributed by atoms with Gasteiger partial charge < -0.3 is 15.1 Å². The highest BCUT2D eigenvalue weighted by molar-refractivity contribution is 7.71. The molecule has 34 heavy (non-hydrogen) atoms. The third-order valence-electron chi connectivity index (χ3n) is 5.79. The maximum absolute atomic E-state index is 13.3. The first-order valence-electron chi connectivity index (χ1n) is 10.9. The van der Waals surface area contributed by atoms with Crippen LogP contribution < -0.4 is 10.2 Å². The molecule has 1 aliphatic rings. The van der Waals surface area contributed by atoms with Gasteiger partial charge in [0.15, 0.2) is 10.6 Å². The molecule has 176 valence electrons. The molecule has 3 amide bonds. The van der Waals surface area contributed by atoms with E-state index in [0.29, 0.717) is 22.0 Å². The van der Waals surface area contributed by atoms with E-state index in [0.717, 1.165) is 11.1 Å². The molecule has 4 rings (SSSR count). The first kappa shape index (κ1) is 23.4. The van der Waals surface area contributed by atoms with Gasteiger partial charge in [-0.05, 0) is 38.2 Å². The normalized spacial score (nSPS) is 15.3. The van der Waals surface area contributed by atoms with Crippen molar-refractivity contribution in [3.8, 4) is 11.4 Å². The predicted octanol–water partition coefficient (Wildman–Crippen LogP) is 3.14. The number of amides is 3. The van der Waals surface area contributed by atoms with Crippen LogP contribution in [0.15, 0.2) is 48.5 Å². The average molecular weight is 479 g/mol. The van der Waals surface area contributed by atoms with Crippen molar-refractivity contribution in [2.24, 2.45) is 0 Å². The smallest absolute Gasteiger partial charge is 0.246 e. The van der Waals surface area contributed by atoms with E-state index in [1.807, 2.05) is 44.2 Å². The zero-order chi connectivity index (χ0) is 24.4. The van der Waals surface area contributed by atoms with E-state index < -0.39 is 0 Å². The molecule has 0 saturated carbocycles. The molecule has 1 atom stereocenters. The Morgan fingerprint density at radius 2 is 1.88 bits per heavy atom. The number of hydrogen-bond acceptors (Lipinski definition) is 5. The van der Waals surface area contributed by atoms with E-state index in [4.69, 9.17) is 12.2 Å². The van der Waals surface area contributed by atoms with Gasteiger partial charge >= 0.3 is 0 Å². The Morgan fingerprint density at radius 1 is 1.18 bits per heavy atom. The second kappa shape index (κ2) is 9.60. The number of nitrogens with one attached hydrogen (secondary N) is 2. The van der Waals surface area contributed by atoms with Crippen LogP contribution in [0.25, 0.3) is 11.4 Å². The largest absolute Gasteiger partial charge is 0.335 e. The number of likely N-dealkylation sites (N-methyl/N-ethyl adjacent to an activating group) is 1. The second-order valence-electron chi connectivity index (χ2n) is 8.44. The molecule has 2 aromatic carbocycles. The zero-order valence-corrected chi connectivity index (χ0v) is 20.1. The number of aromatic nitrogens is 3. The number of hydrogen-bond donors (Lipinski definition) is 2. The van der Waals surface area contributed by atoms with Crippen molar-refractivity contribution in [3.63, 3.8) is 0 Å². The number of anilines is 2. The van der Waals surface area contributed by atoms with E-state index in [1.54, 1.807) is 34.7 Å². The van der Waals surface area contributed by atoms with Gasteiger partial charge in [0.05, 0.1) is 17.9 Å². The Kier molecular flexibility index (Phi) is 6.60. The van der Waals surface area contributed by atoms with Crippen molar-refractivity contribution in [3.05, 3.63) is 58.9 Å². The van der Waals surface area contributed by atoms with Crippen LogP contribution >= 0.6 is 12.2 Å². The molecule has 2 heterocycles. The van der Waals surface area contributed by atoms with E-state index in [1.165, 1.54) is 4.90 Å². The maximum atomic E-state index is 13.3. The molecule has 0 spiro atoms. The Balaban J connectivity index is 1.51. The zero-order valence-electron chi connectivity index (χ0n) is 19.2. The summed E-state index contributed by atoms with van der Waals surface area (Å²) >= 11 is 5.34. The third-order valence-corrected chi connectivity index (χ3v) is 6.10. The fraction of sp³-hybridized carbons (Fsp3) is 0.292. The van der Waals surface area contributed by atoms with E-state index in [2.05, 4.69) is 15.5 Å². The molecule has 9 nitrogen and oxygen atoms in total. The molecule has 0 unspecified atom stereocenters. The van der Waals surface area contributed by atoms with Crippen LogP contribution in [0.2, 0.25) is 0 Å². The number of nitrogens with zero attached hydrogens (tertiary/aromatic N) is 4. The highest BCUT2D eigenvalue weighted by Crippen LogP contribution is 2.31. The summed E-state index contributed by atoms with van der Waals surface area (Å²) in [5.74, 6) is -0.165. The van der Waals surface area contributed by atoms with Crippen LogP contribution in [0.4, 0.5) is 11.4 Å². The quantitative estimate of drug-likeness (QED) is 0.549. The Morgan fingerprint density at radius 3 is 2.62 bits per heavy atom. The first-order valence-corrected chi connectivity index (χ1v) is 11.3. The fourth-order valence-corrected chi connectivity index (χ4v) is 4.18. The van der Waals surface area contributed by atoms with E-state index >= 15 is 0 Å². The lowest BCUT2D eigenvalue weighted by molar-refractivity contribution is -0.134. The van der Waals surface area contributed by atoms with Gasteiger partial charge in [-0.2, -0.15) is 5.10 Å². The molecule has 0 radical (unpaired) electrons. The van der Waals surface area contributed by atoms with Gasteiger partial charge in [0.2, 0.25) is 17.7 Å². The van der Waals surface area contributed by atoms with Gasteiger partial charge in [-0.15, -0.1) is 0 Å². The topological polar surface area (TPSA) is 103 Å². The van der Waals surface area contributed by atoms with Crippen molar-refractivity contribution >= 4 is 41.3 Å². The highest BCUT2D eigenvalue weighted by Gasteiger charge is 2.30. The van der Waals surface area contributed by atoms with Crippen LogP contribution in [0.1, 0.15) is 18.9 Å². The van der Waals surface area contributed by atoms with E-state index in [-0.39, 0.29) is 43.3 Å². The summed E-state index contributed by atoms with van der Waals surface area (Å²) in [6.07, 6.45) is 0.169. The maximum Gasteiger partial charge on any atom is 0.246 e. The molecule has 2 N–H and O–H groups in total. The minimum absolute atomic E-state index is 0.0610. The molecular weight excluding hydrogens is 452 g/mol. The second-order valence-corrected chi connectivity index (χ2v) is 8.82. The summed E-state index contributed by atoms with van der Waals surface area (Å²) in [5, 5.41) is 9.86. The lowest BCUT2D eigenvalue weighted by Crippen LogP contribution is -2.46. The SMILES string of the molecule is Cc1ccc(-c2n[nH]c(=S)n2CC(=O)N(C)CC(=O)N2c3ccccc3NC(=O)C[C@@H]2C)cc1. The molecule has 10 heteroatoms. The van der Waals surface area contributed by atoms with Crippen molar-refractivity contribution in [2.45, 2.75) is 32.9 Å². The predicted molar refractivity (Wildman–Crippen MR) is 132 cm³/mol. The van der Waals surface area contributed by atoms with Gasteiger partial charge in [0, 0.05) is 25.1 Å². The number of aryl methyl sites for hydroxylation is 1. The van der Waals surface area contributed by atoms with Gasteiger partial charge in [-0.3, -0.25) is 24.0 Å². The number of carbonyl (C=O) groups excluding carboxylic acids is 3. The molecule has 0 bridgehead atoms. The summed E-state index contributed by atoms with van der Waals surface area (Å²) in [7, 11) is 1.58. The van der Waals surface area contributed by atoms with Gasteiger partial charge in [0.25, 0.3) is 0 Å². The highest BCUT2D eigenvalue weighted by atomic mass is 32.1. The Bertz CT molecular complexity index is 1300. The summed E-state index contributed by atoms with van der Waals surface area (Å²) in [5.41, 5.74) is 3.13. The summed E-state index contributed by atoms with van der Waals surface area (Å²) < 4.78 is 1.94. The first-order chi connectivity index (χ1) is 16.2. The standard InChI is InChI=1S/C24H26N6O3S/c1-15-8-10-17(11-9-15)23-26-27-24(34)29(23)14-21(32)28(3)13-22(33)30-16(2)12-20(31)25-18-6-4-5-7-19(18)30/h4-11,16H,12-14H2,1-3H3,(H,25,31)(H,27,34)/t16-/m0/s1. The molecule has 0 fully saturated rings. The van der Waals surface area contributed by atoms with Crippen LogP contribution in [0.5, 0.6) is 0 Å². The average Bonchev–Trinajstić information content (AvgIpc) is 3.08. The summed E-state index contributed by atoms with van der Waals surface area (Å²) in [6.45, 7) is 3.61. The van der Waals surface area contributed by atoms with Crippen LogP contribution in [-0.2, 0) is 20.9 Å². The van der Waals surface area contributed by atoms with Crippen molar-refractivity contribution in [1.82, 2.24) is 19.7 Å². The molecule has 0 saturated heterocycles. The third kappa shape index (κ3) is 4.76. The molecule has 1 aliphatic heterocycles. The number of fused-ring (bicyclic) bond motifs is 1. The summed E-state index contributed by atoms with van der Waals surface area (Å²) in [4.78, 5) is 41.5. The van der Waals surface area contributed by atoms with Crippen molar-refractivity contribution in [2.75, 3.05) is 23.8 Å². The minimum atomic E-state index is -0.352. The molecule has 1 aromatic heterocycles. The summed E-state index contributed by atoms with van der Waals surface area (Å²) in [6, 6.07) is 14.6. The number of para-hydroxylation sites is 2. The molecule has 3 aromatic rings. The minimum Gasteiger partial charge on any atom is -0.335 e. The Hall–Kier alpha value is -3.79. The van der Waals surface area contributed by atoms with Crippen LogP contribution in [0, 0.1) is 11.7 Å². The van der Waals surface area contributed by atoms with Crippen molar-refractivity contribution < 1.29 is 14.4 Å². The number of H-pyrrole nitrogens is 1. The number of benzene rings is 2. The Labute approximate surface area is 202 Å². The lowest BCUT2D eigenvalue weighted by atomic mass is 10.1. The lowest BCUT2D eigenvalue weighted by Gasteiger charge is -2.29. The van der Waals surface area contributed by atoms with Gasteiger partial charge in [-0.25, -0.2) is 0 Å². The molecule has 0 aliphatic carbocycles. The monoisotopic (exact) mass is 478 g/mol. The molecular formula is C24H26N6O3S. The van der Waals surface area contributed by atoms with Crippen LogP contribution in [-0.4, -0.2) is 57.0 Å². The van der Waals surface area contributed by atoms with Crippen molar-refractivity contribution in [1.29, 1.82) is 0 Å². The fourth-order valence-electron chi connectivity index (χ4n) is 3.98. The van der Waals surface area contributed by atoms with Gasteiger partial charge in [-0.1, -0.05) is 42.0 Å². The van der Waals surface area contributed by atoms with E-state index in [9.17, 15) is 14.4 Å². The number of aromatic amines is 1. The van der Waals surface area contributed by atoms with Gasteiger partial charge in [0.1, 0.15) is 6.54 Å². The van der Waals surface area contributed by atoms with Crippen LogP contribution in [0.3, 0.4) is 0 Å².